The van der Waals surface area contributed by atoms with Gasteiger partial charge in [-0.1, -0.05) is 12.1 Å². The van der Waals surface area contributed by atoms with Crippen LogP contribution in [0.3, 0.4) is 0 Å². The van der Waals surface area contributed by atoms with E-state index in [4.69, 9.17) is 10.5 Å². The van der Waals surface area contributed by atoms with Crippen molar-refractivity contribution < 1.29 is 4.74 Å². The summed E-state index contributed by atoms with van der Waals surface area (Å²) in [6, 6.07) is 8.10. The zero-order valence-electron chi connectivity index (χ0n) is 11.3. The maximum atomic E-state index is 6.01. The van der Waals surface area contributed by atoms with Gasteiger partial charge in [-0.3, -0.25) is 4.90 Å². The number of nitrogens with two attached hydrogens (primary N) is 1. The molecule has 4 nitrogen and oxygen atoms in total. The van der Waals surface area contributed by atoms with Crippen LogP contribution in [-0.2, 0) is 4.74 Å². The largest absolute Gasteiger partial charge is 0.397 e. The van der Waals surface area contributed by atoms with E-state index in [9.17, 15) is 0 Å². The Kier molecular flexibility index (Phi) is 4.44. The summed E-state index contributed by atoms with van der Waals surface area (Å²) in [5.41, 5.74) is 8.05. The Morgan fingerprint density at radius 2 is 1.89 bits per heavy atom. The third-order valence-electron chi connectivity index (χ3n) is 3.57. The van der Waals surface area contributed by atoms with Crippen molar-refractivity contribution in [3.8, 4) is 0 Å². The van der Waals surface area contributed by atoms with E-state index in [0.29, 0.717) is 6.10 Å². The Balaban J connectivity index is 1.89. The molecule has 1 unspecified atom stereocenters. The minimum atomic E-state index is 0.304. The van der Waals surface area contributed by atoms with E-state index in [-0.39, 0.29) is 0 Å². The van der Waals surface area contributed by atoms with Gasteiger partial charge in [0, 0.05) is 39.8 Å². The Hall–Kier alpha value is -1.26. The SMILES string of the molecule is COC(C)CN1CCN(c2ccccc2N)CC1. The van der Waals surface area contributed by atoms with Gasteiger partial charge < -0.3 is 15.4 Å². The molecule has 0 aromatic heterocycles. The average molecular weight is 249 g/mol. The van der Waals surface area contributed by atoms with Crippen LogP contribution in [0.4, 0.5) is 11.4 Å². The van der Waals surface area contributed by atoms with E-state index in [1.807, 2.05) is 18.2 Å². The van der Waals surface area contributed by atoms with Gasteiger partial charge in [-0.25, -0.2) is 0 Å². The molecule has 0 aliphatic carbocycles. The second-order valence-electron chi connectivity index (χ2n) is 4.89. The first-order valence-electron chi connectivity index (χ1n) is 6.55. The van der Waals surface area contributed by atoms with E-state index >= 15 is 0 Å². The minimum absolute atomic E-state index is 0.304. The summed E-state index contributed by atoms with van der Waals surface area (Å²) in [5.74, 6) is 0. The molecule has 2 N–H and O–H groups in total. The van der Waals surface area contributed by atoms with Crippen LogP contribution in [0.1, 0.15) is 6.92 Å². The quantitative estimate of drug-likeness (QED) is 0.820. The molecule has 100 valence electrons. The van der Waals surface area contributed by atoms with Crippen LogP contribution in [0.2, 0.25) is 0 Å². The first-order chi connectivity index (χ1) is 8.70. The number of para-hydroxylation sites is 2. The molecule has 1 aliphatic heterocycles. The summed E-state index contributed by atoms with van der Waals surface area (Å²) in [5, 5.41) is 0. The fourth-order valence-electron chi connectivity index (χ4n) is 2.39. The number of ether oxygens (including phenoxy) is 1. The molecule has 1 aromatic carbocycles. The Bertz CT molecular complexity index is 375. The van der Waals surface area contributed by atoms with E-state index in [1.165, 1.54) is 0 Å². The standard InChI is InChI=1S/C14H23N3O/c1-12(18-2)11-16-7-9-17(10-8-16)14-6-4-3-5-13(14)15/h3-6,12H,7-11,15H2,1-2H3. The minimum Gasteiger partial charge on any atom is -0.397 e. The van der Waals surface area contributed by atoms with Crippen LogP contribution in [0.15, 0.2) is 24.3 Å². The number of hydrogen-bond acceptors (Lipinski definition) is 4. The van der Waals surface area contributed by atoms with Crippen molar-refractivity contribution in [3.05, 3.63) is 24.3 Å². The maximum absolute atomic E-state index is 6.01. The predicted molar refractivity (Wildman–Crippen MR) is 76.0 cm³/mol. The molecule has 18 heavy (non-hydrogen) atoms. The van der Waals surface area contributed by atoms with Crippen LogP contribution >= 0.6 is 0 Å². The first-order valence-corrected chi connectivity index (χ1v) is 6.55. The second-order valence-corrected chi connectivity index (χ2v) is 4.89. The number of piperazine rings is 1. The summed E-state index contributed by atoms with van der Waals surface area (Å²) in [7, 11) is 1.77. The fourth-order valence-corrected chi connectivity index (χ4v) is 2.39. The molecule has 1 aliphatic rings. The number of benzene rings is 1. The van der Waals surface area contributed by atoms with Gasteiger partial charge in [-0.05, 0) is 19.1 Å². The molecule has 1 saturated heterocycles. The summed E-state index contributed by atoms with van der Waals surface area (Å²) in [6.45, 7) is 7.33. The van der Waals surface area contributed by atoms with Gasteiger partial charge in [0.05, 0.1) is 17.5 Å². The normalized spacial score (nSPS) is 18.9. The monoisotopic (exact) mass is 249 g/mol. The van der Waals surface area contributed by atoms with Crippen LogP contribution in [-0.4, -0.2) is 50.8 Å². The van der Waals surface area contributed by atoms with E-state index < -0.39 is 0 Å². The zero-order chi connectivity index (χ0) is 13.0. The van der Waals surface area contributed by atoms with Crippen LogP contribution in [0, 0.1) is 0 Å². The molecule has 0 bridgehead atoms. The van der Waals surface area contributed by atoms with Gasteiger partial charge in [0.15, 0.2) is 0 Å². The number of methoxy groups -OCH3 is 1. The van der Waals surface area contributed by atoms with Crippen LogP contribution in [0.25, 0.3) is 0 Å². The van der Waals surface area contributed by atoms with Crippen molar-refractivity contribution in [1.82, 2.24) is 4.90 Å². The summed E-state index contributed by atoms with van der Waals surface area (Å²) >= 11 is 0. The van der Waals surface area contributed by atoms with E-state index in [1.54, 1.807) is 7.11 Å². The van der Waals surface area contributed by atoms with Crippen molar-refractivity contribution in [3.63, 3.8) is 0 Å². The lowest BCUT2D eigenvalue weighted by molar-refractivity contribution is 0.0750. The second kappa shape index (κ2) is 6.07. The summed E-state index contributed by atoms with van der Waals surface area (Å²) in [6.07, 6.45) is 0.304. The molecule has 1 heterocycles. The topological polar surface area (TPSA) is 41.7 Å². The van der Waals surface area contributed by atoms with Crippen LogP contribution < -0.4 is 10.6 Å². The van der Waals surface area contributed by atoms with Gasteiger partial charge in [-0.2, -0.15) is 0 Å². The van der Waals surface area contributed by atoms with Crippen molar-refractivity contribution in [1.29, 1.82) is 0 Å². The lowest BCUT2D eigenvalue weighted by Gasteiger charge is -2.37. The highest BCUT2D eigenvalue weighted by Gasteiger charge is 2.19. The Morgan fingerprint density at radius 1 is 1.22 bits per heavy atom. The number of rotatable bonds is 4. The van der Waals surface area contributed by atoms with Gasteiger partial charge in [0.25, 0.3) is 0 Å². The molecule has 0 amide bonds. The highest BCUT2D eigenvalue weighted by atomic mass is 16.5. The number of nitrogen functional groups attached to an aromatic ring is 1. The van der Waals surface area contributed by atoms with Gasteiger partial charge in [0.2, 0.25) is 0 Å². The van der Waals surface area contributed by atoms with E-state index in [0.717, 1.165) is 44.1 Å². The summed E-state index contributed by atoms with van der Waals surface area (Å²) in [4.78, 5) is 4.81. The average Bonchev–Trinajstić information content (AvgIpc) is 2.40. The Labute approximate surface area is 109 Å². The molecule has 1 aromatic rings. The smallest absolute Gasteiger partial charge is 0.0670 e. The van der Waals surface area contributed by atoms with E-state index in [2.05, 4.69) is 22.8 Å². The third kappa shape index (κ3) is 3.15. The number of hydrogen-bond donors (Lipinski definition) is 1. The third-order valence-corrected chi connectivity index (χ3v) is 3.57. The van der Waals surface area contributed by atoms with Crippen molar-refractivity contribution >= 4 is 11.4 Å². The highest BCUT2D eigenvalue weighted by molar-refractivity contribution is 5.67. The molecular formula is C14H23N3O. The molecular weight excluding hydrogens is 226 g/mol. The molecule has 1 atom stereocenters. The lowest BCUT2D eigenvalue weighted by atomic mass is 10.2. The number of nitrogens with zero attached hydrogens (tertiary/aromatic N) is 2. The Morgan fingerprint density at radius 3 is 2.50 bits per heavy atom. The van der Waals surface area contributed by atoms with Crippen molar-refractivity contribution in [2.45, 2.75) is 13.0 Å². The highest BCUT2D eigenvalue weighted by Crippen LogP contribution is 2.23. The van der Waals surface area contributed by atoms with Gasteiger partial charge in [-0.15, -0.1) is 0 Å². The lowest BCUT2D eigenvalue weighted by Crippen LogP contribution is -2.48. The predicted octanol–water partition coefficient (Wildman–Crippen LogP) is 1.43. The van der Waals surface area contributed by atoms with Gasteiger partial charge >= 0.3 is 0 Å². The first kappa shape index (κ1) is 13.2. The van der Waals surface area contributed by atoms with Crippen LogP contribution in [0.5, 0.6) is 0 Å². The van der Waals surface area contributed by atoms with Crippen molar-refractivity contribution in [2.75, 3.05) is 50.5 Å². The zero-order valence-corrected chi connectivity index (χ0v) is 11.3. The molecule has 2 rings (SSSR count). The molecule has 1 fully saturated rings. The molecule has 0 radical (unpaired) electrons. The molecule has 0 saturated carbocycles. The van der Waals surface area contributed by atoms with Gasteiger partial charge in [0.1, 0.15) is 0 Å². The maximum Gasteiger partial charge on any atom is 0.0670 e. The van der Waals surface area contributed by atoms with Crippen molar-refractivity contribution in [2.24, 2.45) is 0 Å². The molecule has 0 spiro atoms. The summed E-state index contributed by atoms with van der Waals surface area (Å²) < 4.78 is 5.31. The molecule has 4 heteroatoms. The fraction of sp³-hybridized carbons (Fsp3) is 0.571. The number of anilines is 2.